The highest BCUT2D eigenvalue weighted by molar-refractivity contribution is 6.05. The fourth-order valence-electron chi connectivity index (χ4n) is 2.98. The molecule has 0 unspecified atom stereocenters. The van der Waals surface area contributed by atoms with E-state index in [-0.39, 0.29) is 16.8 Å². The Labute approximate surface area is 156 Å². The van der Waals surface area contributed by atoms with Gasteiger partial charge >= 0.3 is 0 Å². The monoisotopic (exact) mass is 365 g/mol. The van der Waals surface area contributed by atoms with Gasteiger partial charge in [0.2, 0.25) is 5.91 Å². The minimum absolute atomic E-state index is 0.00214. The van der Waals surface area contributed by atoms with Crippen molar-refractivity contribution in [3.8, 4) is 5.69 Å². The smallest absolute Gasteiger partial charge is 0.255 e. The third-order valence-corrected chi connectivity index (χ3v) is 4.54. The number of carbonyl (C=O) groups excluding carboxylic acids is 2. The summed E-state index contributed by atoms with van der Waals surface area (Å²) in [4.78, 5) is 23.9. The van der Waals surface area contributed by atoms with Crippen LogP contribution in [0, 0.1) is 26.6 Å². The van der Waals surface area contributed by atoms with Crippen molar-refractivity contribution in [2.45, 2.75) is 20.8 Å². The summed E-state index contributed by atoms with van der Waals surface area (Å²) in [5.74, 6) is -1.76. The van der Waals surface area contributed by atoms with Crippen molar-refractivity contribution < 1.29 is 14.0 Å². The number of aromatic nitrogens is 1. The predicted molar refractivity (Wildman–Crippen MR) is 103 cm³/mol. The number of hydrogen-bond acceptors (Lipinski definition) is 2. The Bertz CT molecular complexity index is 1020. The summed E-state index contributed by atoms with van der Waals surface area (Å²) in [5, 5.41) is 2.65. The van der Waals surface area contributed by atoms with E-state index in [1.54, 1.807) is 12.1 Å². The molecule has 0 aliphatic carbocycles. The van der Waals surface area contributed by atoms with E-state index < -0.39 is 17.6 Å². The molecule has 27 heavy (non-hydrogen) atoms. The summed E-state index contributed by atoms with van der Waals surface area (Å²) in [6, 6.07) is 13.6. The average molecular weight is 365 g/mol. The highest BCUT2D eigenvalue weighted by Gasteiger charge is 2.14. The first-order valence-electron chi connectivity index (χ1n) is 8.44. The largest absolute Gasteiger partial charge is 0.366 e. The van der Waals surface area contributed by atoms with E-state index in [9.17, 15) is 14.0 Å². The lowest BCUT2D eigenvalue weighted by Gasteiger charge is -2.12. The minimum atomic E-state index is -0.758. The minimum Gasteiger partial charge on any atom is -0.366 e. The van der Waals surface area contributed by atoms with Gasteiger partial charge in [-0.1, -0.05) is 0 Å². The van der Waals surface area contributed by atoms with Crippen molar-refractivity contribution in [3.05, 3.63) is 82.4 Å². The third kappa shape index (κ3) is 3.60. The Morgan fingerprint density at radius 2 is 1.52 bits per heavy atom. The molecule has 0 saturated heterocycles. The maximum absolute atomic E-state index is 14.0. The van der Waals surface area contributed by atoms with Gasteiger partial charge in [-0.15, -0.1) is 0 Å². The molecule has 1 heterocycles. The molecule has 0 aliphatic rings. The van der Waals surface area contributed by atoms with Gasteiger partial charge in [0.15, 0.2) is 0 Å². The van der Waals surface area contributed by atoms with Crippen LogP contribution in [0.4, 0.5) is 10.1 Å². The molecular formula is C21H20FN3O2. The molecule has 138 valence electrons. The zero-order valence-electron chi connectivity index (χ0n) is 15.3. The molecule has 0 bridgehead atoms. The molecule has 1 aromatic heterocycles. The number of anilines is 1. The summed E-state index contributed by atoms with van der Waals surface area (Å²) < 4.78 is 16.1. The number of nitrogens with two attached hydrogens (primary N) is 1. The van der Waals surface area contributed by atoms with Crippen molar-refractivity contribution in [1.29, 1.82) is 0 Å². The van der Waals surface area contributed by atoms with Gasteiger partial charge in [-0.05, 0) is 69.3 Å². The zero-order chi connectivity index (χ0) is 19.7. The Balaban J connectivity index is 1.86. The number of benzene rings is 2. The number of amides is 2. The number of hydrogen-bond donors (Lipinski definition) is 2. The SMILES string of the molecule is Cc1c(F)cc(C(N)=O)cc1NC(=O)c1ccc(-n2c(C)ccc2C)cc1. The number of aryl methyl sites for hydroxylation is 2. The van der Waals surface area contributed by atoms with Gasteiger partial charge in [0.05, 0.1) is 0 Å². The number of primary amides is 1. The molecule has 0 radical (unpaired) electrons. The fourth-order valence-corrected chi connectivity index (χ4v) is 2.98. The number of carbonyl (C=O) groups is 2. The van der Waals surface area contributed by atoms with Gasteiger partial charge in [-0.3, -0.25) is 9.59 Å². The van der Waals surface area contributed by atoms with Crippen molar-refractivity contribution in [2.24, 2.45) is 5.73 Å². The number of rotatable bonds is 4. The third-order valence-electron chi connectivity index (χ3n) is 4.54. The first-order chi connectivity index (χ1) is 12.8. The second-order valence-corrected chi connectivity index (χ2v) is 6.45. The molecule has 2 aromatic carbocycles. The van der Waals surface area contributed by atoms with E-state index in [1.807, 2.05) is 38.1 Å². The lowest BCUT2D eigenvalue weighted by atomic mass is 10.1. The molecule has 3 N–H and O–H groups in total. The van der Waals surface area contributed by atoms with Crippen LogP contribution in [0.15, 0.2) is 48.5 Å². The number of nitrogens with zero attached hydrogens (tertiary/aromatic N) is 1. The summed E-state index contributed by atoms with van der Waals surface area (Å²) in [6.45, 7) is 5.55. The van der Waals surface area contributed by atoms with Crippen LogP contribution in [-0.4, -0.2) is 16.4 Å². The average Bonchev–Trinajstić information content (AvgIpc) is 2.97. The van der Waals surface area contributed by atoms with E-state index in [0.717, 1.165) is 23.1 Å². The Morgan fingerprint density at radius 1 is 0.926 bits per heavy atom. The van der Waals surface area contributed by atoms with Gasteiger partial charge in [0.1, 0.15) is 5.82 Å². The summed E-state index contributed by atoms with van der Waals surface area (Å²) in [6.07, 6.45) is 0. The van der Waals surface area contributed by atoms with Crippen molar-refractivity contribution in [1.82, 2.24) is 4.57 Å². The van der Waals surface area contributed by atoms with Gasteiger partial charge in [0.25, 0.3) is 5.91 Å². The maximum Gasteiger partial charge on any atom is 0.255 e. The van der Waals surface area contributed by atoms with Crippen LogP contribution in [-0.2, 0) is 0 Å². The van der Waals surface area contributed by atoms with E-state index >= 15 is 0 Å². The van der Waals surface area contributed by atoms with E-state index in [0.29, 0.717) is 5.56 Å². The first-order valence-corrected chi connectivity index (χ1v) is 8.44. The second kappa shape index (κ2) is 7.07. The standard InChI is InChI=1S/C21H20FN3O2/c1-12-4-5-13(2)25(12)17-8-6-15(7-9-17)21(27)24-19-11-16(20(23)26)10-18(22)14(19)3/h4-11H,1-3H3,(H2,23,26)(H,24,27). The van der Waals surface area contributed by atoms with Gasteiger partial charge < -0.3 is 15.6 Å². The normalized spacial score (nSPS) is 10.7. The lowest BCUT2D eigenvalue weighted by Crippen LogP contribution is -2.16. The van der Waals surface area contributed by atoms with Crippen molar-refractivity contribution >= 4 is 17.5 Å². The van der Waals surface area contributed by atoms with Gasteiger partial charge in [-0.25, -0.2) is 4.39 Å². The quantitative estimate of drug-likeness (QED) is 0.736. The molecule has 0 aliphatic heterocycles. The van der Waals surface area contributed by atoms with Crippen LogP contribution < -0.4 is 11.1 Å². The summed E-state index contributed by atoms with van der Waals surface area (Å²) >= 11 is 0. The molecule has 2 amide bonds. The summed E-state index contributed by atoms with van der Waals surface area (Å²) in [5.41, 5.74) is 9.23. The van der Waals surface area contributed by atoms with Gasteiger partial charge in [-0.2, -0.15) is 0 Å². The van der Waals surface area contributed by atoms with Crippen molar-refractivity contribution in [3.63, 3.8) is 0 Å². The lowest BCUT2D eigenvalue weighted by molar-refractivity contribution is 0.0995. The van der Waals surface area contributed by atoms with E-state index in [1.165, 1.54) is 13.0 Å². The molecule has 0 fully saturated rings. The topological polar surface area (TPSA) is 77.1 Å². The van der Waals surface area contributed by atoms with Crippen LogP contribution in [0.3, 0.4) is 0 Å². The molecule has 3 rings (SSSR count). The second-order valence-electron chi connectivity index (χ2n) is 6.45. The fraction of sp³-hybridized carbons (Fsp3) is 0.143. The molecular weight excluding hydrogens is 345 g/mol. The molecule has 0 spiro atoms. The Hall–Kier alpha value is -3.41. The summed E-state index contributed by atoms with van der Waals surface area (Å²) in [7, 11) is 0. The van der Waals surface area contributed by atoms with Crippen LogP contribution in [0.1, 0.15) is 37.7 Å². The number of halogens is 1. The molecule has 0 atom stereocenters. The van der Waals surface area contributed by atoms with E-state index in [2.05, 4.69) is 9.88 Å². The molecule has 6 heteroatoms. The first kappa shape index (κ1) is 18.4. The van der Waals surface area contributed by atoms with Gasteiger partial charge in [0, 0.05) is 39.5 Å². The molecule has 3 aromatic rings. The van der Waals surface area contributed by atoms with Crippen LogP contribution in [0.25, 0.3) is 5.69 Å². The Morgan fingerprint density at radius 3 is 2.07 bits per heavy atom. The highest BCUT2D eigenvalue weighted by Crippen LogP contribution is 2.22. The number of nitrogens with one attached hydrogen (secondary N) is 1. The Kier molecular flexibility index (Phi) is 4.81. The predicted octanol–water partition coefficient (Wildman–Crippen LogP) is 3.89. The van der Waals surface area contributed by atoms with E-state index in [4.69, 9.17) is 5.73 Å². The van der Waals surface area contributed by atoms with Crippen molar-refractivity contribution in [2.75, 3.05) is 5.32 Å². The van der Waals surface area contributed by atoms with Crippen LogP contribution in [0.5, 0.6) is 0 Å². The maximum atomic E-state index is 14.0. The molecule has 5 nitrogen and oxygen atoms in total. The van der Waals surface area contributed by atoms with Crippen LogP contribution >= 0.6 is 0 Å². The van der Waals surface area contributed by atoms with Crippen LogP contribution in [0.2, 0.25) is 0 Å². The highest BCUT2D eigenvalue weighted by atomic mass is 19.1. The zero-order valence-corrected chi connectivity index (χ0v) is 15.3. The molecule has 0 saturated carbocycles.